The molecule has 23 heavy (non-hydrogen) atoms. The van der Waals surface area contributed by atoms with Gasteiger partial charge in [0.15, 0.2) is 0 Å². The van der Waals surface area contributed by atoms with Crippen molar-refractivity contribution in [3.63, 3.8) is 0 Å². The number of fused-ring (bicyclic) bond motifs is 1. The molecule has 0 fully saturated rings. The molecule has 0 radical (unpaired) electrons. The Morgan fingerprint density at radius 1 is 1.04 bits per heavy atom. The third-order valence-electron chi connectivity index (χ3n) is 3.47. The Morgan fingerprint density at radius 2 is 1.78 bits per heavy atom. The van der Waals surface area contributed by atoms with Crippen molar-refractivity contribution in [3.05, 3.63) is 64.3 Å². The number of nitrogens with zero attached hydrogens (tertiary/aromatic N) is 1. The van der Waals surface area contributed by atoms with Gasteiger partial charge >= 0.3 is 0 Å². The van der Waals surface area contributed by atoms with Gasteiger partial charge in [0.1, 0.15) is 0 Å². The highest BCUT2D eigenvalue weighted by Crippen LogP contribution is 2.26. The molecule has 1 amide bonds. The van der Waals surface area contributed by atoms with Crippen LogP contribution in [0.4, 0.5) is 5.69 Å². The normalized spacial score (nSPS) is 10.7. The second-order valence-corrected chi connectivity index (χ2v) is 5.85. The highest BCUT2D eigenvalue weighted by atomic mass is 35.5. The lowest BCUT2D eigenvalue weighted by Gasteiger charge is -2.05. The van der Waals surface area contributed by atoms with Crippen LogP contribution in [-0.2, 0) is 0 Å². The molecular formula is C17H12Cl2N2O2. The number of hydrogen-bond acceptors (Lipinski definition) is 2. The van der Waals surface area contributed by atoms with E-state index in [4.69, 9.17) is 23.2 Å². The van der Waals surface area contributed by atoms with Gasteiger partial charge in [0.05, 0.1) is 21.1 Å². The first-order valence-electron chi connectivity index (χ1n) is 6.85. The predicted octanol–water partition coefficient (Wildman–Crippen LogP) is 4.86. The Labute approximate surface area is 142 Å². The first-order valence-corrected chi connectivity index (χ1v) is 7.60. The summed E-state index contributed by atoms with van der Waals surface area (Å²) in [7, 11) is 0. The van der Waals surface area contributed by atoms with E-state index < -0.39 is 0 Å². The van der Waals surface area contributed by atoms with E-state index in [1.165, 1.54) is 11.5 Å². The van der Waals surface area contributed by atoms with E-state index in [1.807, 2.05) is 12.1 Å². The van der Waals surface area contributed by atoms with Crippen LogP contribution < -0.4 is 5.32 Å². The summed E-state index contributed by atoms with van der Waals surface area (Å²) in [6.07, 6.45) is 1.54. The van der Waals surface area contributed by atoms with Crippen molar-refractivity contribution in [3.8, 4) is 0 Å². The fraction of sp³-hybridized carbons (Fsp3) is 0.0588. The molecule has 3 aromatic rings. The molecule has 2 aromatic carbocycles. The molecule has 0 spiro atoms. The number of rotatable bonds is 2. The third kappa shape index (κ3) is 2.96. The largest absolute Gasteiger partial charge is 0.322 e. The molecule has 116 valence electrons. The minimum Gasteiger partial charge on any atom is -0.322 e. The van der Waals surface area contributed by atoms with Gasteiger partial charge < -0.3 is 5.32 Å². The Balaban J connectivity index is 2.01. The highest BCUT2D eigenvalue weighted by Gasteiger charge is 2.16. The Bertz CT molecular complexity index is 931. The molecule has 4 nitrogen and oxygen atoms in total. The highest BCUT2D eigenvalue weighted by molar-refractivity contribution is 6.42. The number of carbonyl (C=O) groups excluding carboxylic acids is 2. The Hall–Kier alpha value is -2.30. The van der Waals surface area contributed by atoms with Crippen LogP contribution in [0.1, 0.15) is 22.1 Å². The summed E-state index contributed by atoms with van der Waals surface area (Å²) < 4.78 is 1.46. The Morgan fingerprint density at radius 3 is 2.48 bits per heavy atom. The van der Waals surface area contributed by atoms with E-state index in [0.717, 1.165) is 0 Å². The summed E-state index contributed by atoms with van der Waals surface area (Å²) in [4.78, 5) is 24.3. The summed E-state index contributed by atoms with van der Waals surface area (Å²) in [5.41, 5.74) is 1.64. The topological polar surface area (TPSA) is 51.1 Å². The maximum absolute atomic E-state index is 12.5. The third-order valence-corrected chi connectivity index (χ3v) is 4.21. The molecule has 0 unspecified atom stereocenters. The van der Waals surface area contributed by atoms with E-state index in [0.29, 0.717) is 32.2 Å². The summed E-state index contributed by atoms with van der Waals surface area (Å²) in [6, 6.07) is 12.1. The van der Waals surface area contributed by atoms with Crippen LogP contribution in [-0.4, -0.2) is 16.4 Å². The van der Waals surface area contributed by atoms with Crippen LogP contribution in [0.5, 0.6) is 0 Å². The van der Waals surface area contributed by atoms with Crippen molar-refractivity contribution in [2.24, 2.45) is 0 Å². The van der Waals surface area contributed by atoms with Gasteiger partial charge in [-0.05, 0) is 24.3 Å². The van der Waals surface area contributed by atoms with Crippen molar-refractivity contribution in [1.82, 2.24) is 4.57 Å². The molecule has 1 N–H and O–H groups in total. The average molecular weight is 347 g/mol. The van der Waals surface area contributed by atoms with Crippen molar-refractivity contribution < 1.29 is 9.59 Å². The van der Waals surface area contributed by atoms with Gasteiger partial charge in [0, 0.05) is 24.2 Å². The number of para-hydroxylation sites is 1. The van der Waals surface area contributed by atoms with Crippen LogP contribution in [0.25, 0.3) is 10.9 Å². The van der Waals surface area contributed by atoms with Gasteiger partial charge in [-0.2, -0.15) is 0 Å². The van der Waals surface area contributed by atoms with Crippen LogP contribution in [0.2, 0.25) is 10.0 Å². The SMILES string of the molecule is CC(=O)n1cc(C(=O)Nc2ccc(Cl)c(Cl)c2)c2ccccc21. The molecule has 6 heteroatoms. The van der Waals surface area contributed by atoms with Crippen LogP contribution in [0.15, 0.2) is 48.7 Å². The first-order chi connectivity index (χ1) is 11.0. The van der Waals surface area contributed by atoms with Gasteiger partial charge in [0.2, 0.25) is 5.91 Å². The summed E-state index contributed by atoms with van der Waals surface area (Å²) in [5, 5.41) is 4.24. The standard InChI is InChI=1S/C17H12Cl2N2O2/c1-10(22)21-9-13(12-4-2-3-5-16(12)21)17(23)20-11-6-7-14(18)15(19)8-11/h2-9H,1H3,(H,20,23). The molecule has 0 aliphatic rings. The van der Waals surface area contributed by atoms with Gasteiger partial charge in [-0.1, -0.05) is 41.4 Å². The molecule has 0 saturated carbocycles. The van der Waals surface area contributed by atoms with Crippen molar-refractivity contribution in [2.75, 3.05) is 5.32 Å². The van der Waals surface area contributed by atoms with Crippen LogP contribution in [0, 0.1) is 0 Å². The van der Waals surface area contributed by atoms with Crippen molar-refractivity contribution >= 4 is 51.6 Å². The van der Waals surface area contributed by atoms with Gasteiger partial charge in [-0.3, -0.25) is 14.2 Å². The molecule has 0 bridgehead atoms. The number of aromatic nitrogens is 1. The van der Waals surface area contributed by atoms with E-state index in [1.54, 1.807) is 36.5 Å². The maximum atomic E-state index is 12.5. The zero-order chi connectivity index (χ0) is 16.6. The number of nitrogens with one attached hydrogen (secondary N) is 1. The lowest BCUT2D eigenvalue weighted by atomic mass is 10.1. The molecule has 1 heterocycles. The van der Waals surface area contributed by atoms with Crippen molar-refractivity contribution in [1.29, 1.82) is 0 Å². The zero-order valence-corrected chi connectivity index (χ0v) is 13.7. The van der Waals surface area contributed by atoms with Crippen molar-refractivity contribution in [2.45, 2.75) is 6.92 Å². The second-order valence-electron chi connectivity index (χ2n) is 5.03. The molecular weight excluding hydrogens is 335 g/mol. The van der Waals surface area contributed by atoms with E-state index >= 15 is 0 Å². The minimum atomic E-state index is -0.320. The molecule has 0 aliphatic carbocycles. The number of hydrogen-bond donors (Lipinski definition) is 1. The van der Waals surface area contributed by atoms with E-state index in [-0.39, 0.29) is 11.8 Å². The summed E-state index contributed by atoms with van der Waals surface area (Å²) in [6.45, 7) is 1.45. The van der Waals surface area contributed by atoms with E-state index in [2.05, 4.69) is 5.32 Å². The fourth-order valence-corrected chi connectivity index (χ4v) is 2.69. The lowest BCUT2D eigenvalue weighted by Crippen LogP contribution is -2.12. The quantitative estimate of drug-likeness (QED) is 0.720. The minimum absolute atomic E-state index is 0.158. The summed E-state index contributed by atoms with van der Waals surface area (Å²) in [5.74, 6) is -0.477. The molecule has 0 atom stereocenters. The maximum Gasteiger partial charge on any atom is 0.257 e. The smallest absolute Gasteiger partial charge is 0.257 e. The number of halogens is 2. The number of carbonyl (C=O) groups is 2. The monoisotopic (exact) mass is 346 g/mol. The predicted molar refractivity (Wildman–Crippen MR) is 92.7 cm³/mol. The number of amides is 1. The second kappa shape index (κ2) is 6.07. The fourth-order valence-electron chi connectivity index (χ4n) is 2.39. The Kier molecular flexibility index (Phi) is 4.11. The molecule has 0 aliphatic heterocycles. The van der Waals surface area contributed by atoms with Gasteiger partial charge in [-0.25, -0.2) is 0 Å². The van der Waals surface area contributed by atoms with Crippen LogP contribution >= 0.6 is 23.2 Å². The molecule has 0 saturated heterocycles. The molecule has 1 aromatic heterocycles. The van der Waals surface area contributed by atoms with Crippen LogP contribution in [0.3, 0.4) is 0 Å². The van der Waals surface area contributed by atoms with Gasteiger partial charge in [-0.15, -0.1) is 0 Å². The average Bonchev–Trinajstić information content (AvgIpc) is 2.91. The number of anilines is 1. The molecule has 3 rings (SSSR count). The first kappa shape index (κ1) is 15.6. The lowest BCUT2D eigenvalue weighted by molar-refractivity contribution is 0.0941. The number of benzene rings is 2. The van der Waals surface area contributed by atoms with E-state index in [9.17, 15) is 9.59 Å². The van der Waals surface area contributed by atoms with Gasteiger partial charge in [0.25, 0.3) is 5.91 Å². The summed E-state index contributed by atoms with van der Waals surface area (Å²) >= 11 is 11.8. The zero-order valence-electron chi connectivity index (χ0n) is 12.1.